The van der Waals surface area contributed by atoms with Gasteiger partial charge in [0.1, 0.15) is 0 Å². The Labute approximate surface area is 99.9 Å². The summed E-state index contributed by atoms with van der Waals surface area (Å²) < 4.78 is 0. The lowest BCUT2D eigenvalue weighted by molar-refractivity contribution is 0.300. The fourth-order valence-electron chi connectivity index (χ4n) is 3.18. The van der Waals surface area contributed by atoms with Crippen molar-refractivity contribution in [3.05, 3.63) is 16.1 Å². The average Bonchev–Trinajstić information content (AvgIpc) is 2.65. The van der Waals surface area contributed by atoms with E-state index in [9.17, 15) is 0 Å². The second kappa shape index (κ2) is 3.46. The Balaban J connectivity index is 1.75. The molecule has 0 aromatic carbocycles. The van der Waals surface area contributed by atoms with E-state index in [0.29, 0.717) is 5.41 Å². The van der Waals surface area contributed by atoms with Crippen molar-refractivity contribution in [2.75, 3.05) is 5.88 Å². The minimum Gasteiger partial charge on any atom is -0.247 e. The van der Waals surface area contributed by atoms with E-state index in [2.05, 4.69) is 17.3 Å². The summed E-state index contributed by atoms with van der Waals surface area (Å²) in [6.07, 6.45) is 5.26. The lowest BCUT2D eigenvalue weighted by Crippen LogP contribution is -2.24. The van der Waals surface area contributed by atoms with Crippen molar-refractivity contribution in [3.8, 4) is 0 Å². The molecule has 2 atom stereocenters. The van der Waals surface area contributed by atoms with Crippen molar-refractivity contribution < 1.29 is 0 Å². The smallest absolute Gasteiger partial charge is 0.0897 e. The van der Waals surface area contributed by atoms with Crippen LogP contribution in [0.5, 0.6) is 0 Å². The second-order valence-corrected chi connectivity index (χ2v) is 6.66. The lowest BCUT2D eigenvalue weighted by atomic mass is 9.81. The van der Waals surface area contributed by atoms with Gasteiger partial charge < -0.3 is 0 Å². The topological polar surface area (TPSA) is 12.9 Å². The van der Waals surface area contributed by atoms with E-state index < -0.39 is 0 Å². The number of alkyl halides is 1. The maximum absolute atomic E-state index is 6.18. The highest BCUT2D eigenvalue weighted by atomic mass is 35.5. The van der Waals surface area contributed by atoms with Crippen molar-refractivity contribution in [2.24, 2.45) is 17.3 Å². The van der Waals surface area contributed by atoms with Gasteiger partial charge in [0.15, 0.2) is 0 Å². The Hall–Kier alpha value is -0.0800. The number of thiazole rings is 1. The molecule has 0 saturated heterocycles. The summed E-state index contributed by atoms with van der Waals surface area (Å²) in [5, 5.41) is 3.38. The molecule has 15 heavy (non-hydrogen) atoms. The average molecular weight is 242 g/mol. The number of hydrogen-bond acceptors (Lipinski definition) is 2. The van der Waals surface area contributed by atoms with Crippen molar-refractivity contribution in [2.45, 2.75) is 32.6 Å². The molecule has 3 heteroatoms. The van der Waals surface area contributed by atoms with Gasteiger partial charge in [-0.2, -0.15) is 0 Å². The highest BCUT2D eigenvalue weighted by Gasteiger charge is 2.53. The summed E-state index contributed by atoms with van der Waals surface area (Å²) in [5.74, 6) is 2.82. The fraction of sp³-hybridized carbons (Fsp3) is 0.750. The minimum atomic E-state index is 0.385. The third-order valence-corrected chi connectivity index (χ3v) is 5.35. The zero-order valence-electron chi connectivity index (χ0n) is 9.00. The Morgan fingerprint density at radius 2 is 2.27 bits per heavy atom. The fourth-order valence-corrected chi connectivity index (χ4v) is 4.11. The number of aromatic nitrogens is 1. The van der Waals surface area contributed by atoms with Gasteiger partial charge in [-0.25, -0.2) is 4.98 Å². The highest BCUT2D eigenvalue weighted by molar-refractivity contribution is 7.09. The maximum atomic E-state index is 6.18. The number of rotatable bonds is 3. The van der Waals surface area contributed by atoms with Crippen molar-refractivity contribution in [1.82, 2.24) is 4.98 Å². The largest absolute Gasteiger partial charge is 0.247 e. The first-order valence-corrected chi connectivity index (χ1v) is 7.09. The van der Waals surface area contributed by atoms with E-state index in [1.54, 1.807) is 11.3 Å². The molecule has 2 aliphatic carbocycles. The van der Waals surface area contributed by atoms with Crippen LogP contribution in [0.2, 0.25) is 0 Å². The van der Waals surface area contributed by atoms with Gasteiger partial charge in [-0.3, -0.25) is 0 Å². The molecule has 0 bridgehead atoms. The molecule has 0 radical (unpaired) electrons. The van der Waals surface area contributed by atoms with Gasteiger partial charge in [0.05, 0.1) is 10.7 Å². The van der Waals surface area contributed by atoms with Gasteiger partial charge in [-0.05, 0) is 49.9 Å². The standard InChI is InChI=1S/C12H16ClNS/c1-8-14-11(6-15-8)5-12(7-13)3-9-2-10(9)4-12/h6,9-10H,2-5,7H2,1H3. The van der Waals surface area contributed by atoms with Gasteiger partial charge in [0.2, 0.25) is 0 Å². The van der Waals surface area contributed by atoms with Gasteiger partial charge >= 0.3 is 0 Å². The van der Waals surface area contributed by atoms with E-state index in [0.717, 1.165) is 24.1 Å². The van der Waals surface area contributed by atoms with Crippen LogP contribution in [0.25, 0.3) is 0 Å². The van der Waals surface area contributed by atoms with Crippen molar-refractivity contribution >= 4 is 22.9 Å². The van der Waals surface area contributed by atoms with E-state index in [1.807, 2.05) is 0 Å². The Morgan fingerprint density at radius 1 is 1.53 bits per heavy atom. The minimum absolute atomic E-state index is 0.385. The number of fused-ring (bicyclic) bond motifs is 1. The van der Waals surface area contributed by atoms with Crippen LogP contribution in [0.4, 0.5) is 0 Å². The Bertz CT molecular complexity index is 363. The molecule has 2 unspecified atom stereocenters. The number of halogens is 1. The Morgan fingerprint density at radius 3 is 2.80 bits per heavy atom. The highest BCUT2D eigenvalue weighted by Crippen LogP contribution is 2.61. The van der Waals surface area contributed by atoms with Crippen molar-refractivity contribution in [1.29, 1.82) is 0 Å². The monoisotopic (exact) mass is 241 g/mol. The van der Waals surface area contributed by atoms with Crippen LogP contribution >= 0.6 is 22.9 Å². The third kappa shape index (κ3) is 1.83. The molecule has 1 aromatic heterocycles. The summed E-state index contributed by atoms with van der Waals surface area (Å²) >= 11 is 7.94. The molecular weight excluding hydrogens is 226 g/mol. The van der Waals surface area contributed by atoms with Crippen LogP contribution in [0, 0.1) is 24.2 Å². The predicted molar refractivity (Wildman–Crippen MR) is 64.5 cm³/mol. The second-order valence-electron chi connectivity index (χ2n) is 5.33. The van der Waals surface area contributed by atoms with Crippen LogP contribution in [0.15, 0.2) is 5.38 Å². The molecular formula is C12H16ClNS. The van der Waals surface area contributed by atoms with E-state index >= 15 is 0 Å². The molecule has 0 aliphatic heterocycles. The van der Waals surface area contributed by atoms with E-state index in [4.69, 9.17) is 11.6 Å². The molecule has 1 heterocycles. The molecule has 2 fully saturated rings. The summed E-state index contributed by atoms with van der Waals surface area (Å²) in [7, 11) is 0. The summed E-state index contributed by atoms with van der Waals surface area (Å²) in [5.41, 5.74) is 1.65. The zero-order valence-corrected chi connectivity index (χ0v) is 10.6. The SMILES string of the molecule is Cc1nc(CC2(CCl)CC3CC3C2)cs1. The first-order chi connectivity index (χ1) is 7.21. The first kappa shape index (κ1) is 10.1. The van der Waals surface area contributed by atoms with Gasteiger partial charge in [0, 0.05) is 11.3 Å². The summed E-state index contributed by atoms with van der Waals surface area (Å²) in [4.78, 5) is 4.57. The molecule has 2 aliphatic rings. The normalized spacial score (nSPS) is 38.0. The summed E-state index contributed by atoms with van der Waals surface area (Å²) in [6.45, 7) is 2.08. The number of nitrogens with zero attached hydrogens (tertiary/aromatic N) is 1. The quantitative estimate of drug-likeness (QED) is 0.737. The van der Waals surface area contributed by atoms with Gasteiger partial charge in [0.25, 0.3) is 0 Å². The number of aryl methyl sites for hydroxylation is 1. The van der Waals surface area contributed by atoms with E-state index in [1.165, 1.54) is 30.0 Å². The predicted octanol–water partition coefficient (Wildman–Crippen LogP) is 3.65. The van der Waals surface area contributed by atoms with Gasteiger partial charge in [-0.15, -0.1) is 22.9 Å². The lowest BCUT2D eigenvalue weighted by Gasteiger charge is -2.27. The summed E-state index contributed by atoms with van der Waals surface area (Å²) in [6, 6.07) is 0. The molecule has 3 rings (SSSR count). The van der Waals surface area contributed by atoms with Crippen molar-refractivity contribution in [3.63, 3.8) is 0 Å². The maximum Gasteiger partial charge on any atom is 0.0897 e. The zero-order chi connectivity index (χ0) is 10.5. The molecule has 2 saturated carbocycles. The number of hydrogen-bond donors (Lipinski definition) is 0. The first-order valence-electron chi connectivity index (χ1n) is 5.68. The molecule has 0 spiro atoms. The van der Waals surface area contributed by atoms with E-state index in [-0.39, 0.29) is 0 Å². The third-order valence-electron chi connectivity index (χ3n) is 3.97. The van der Waals surface area contributed by atoms with Crippen LogP contribution < -0.4 is 0 Å². The van der Waals surface area contributed by atoms with Crippen LogP contribution in [-0.2, 0) is 6.42 Å². The Kier molecular flexibility index (Phi) is 2.33. The van der Waals surface area contributed by atoms with Crippen LogP contribution in [0.3, 0.4) is 0 Å². The van der Waals surface area contributed by atoms with Crippen LogP contribution in [0.1, 0.15) is 30.0 Å². The molecule has 0 N–H and O–H groups in total. The van der Waals surface area contributed by atoms with Crippen LogP contribution in [-0.4, -0.2) is 10.9 Å². The van der Waals surface area contributed by atoms with Gasteiger partial charge in [-0.1, -0.05) is 0 Å². The molecule has 1 aromatic rings. The molecule has 0 amide bonds. The molecule has 82 valence electrons. The molecule has 1 nitrogen and oxygen atoms in total.